The van der Waals surface area contributed by atoms with Crippen molar-refractivity contribution >= 4 is 0 Å². The van der Waals surface area contributed by atoms with E-state index in [1.807, 2.05) is 19.9 Å². The molecule has 0 atom stereocenters. The van der Waals surface area contributed by atoms with E-state index >= 15 is 0 Å². The molecule has 1 aromatic carbocycles. The predicted molar refractivity (Wildman–Crippen MR) is 41.3 cm³/mol. The van der Waals surface area contributed by atoms with Crippen molar-refractivity contribution in [2.45, 2.75) is 13.8 Å². The maximum Gasteiger partial charge on any atom is 1.00 e. The van der Waals surface area contributed by atoms with E-state index in [1.54, 1.807) is 7.11 Å². The fourth-order valence-corrected chi connectivity index (χ4v) is 0.962. The van der Waals surface area contributed by atoms with E-state index in [0.717, 1.165) is 11.3 Å². The summed E-state index contributed by atoms with van der Waals surface area (Å²) in [5, 5.41) is 0. The van der Waals surface area contributed by atoms with Crippen molar-refractivity contribution in [3.8, 4) is 5.75 Å². The molecule has 0 radical (unpaired) electrons. The van der Waals surface area contributed by atoms with Crippen molar-refractivity contribution < 1.29 is 23.6 Å². The Kier molecular flexibility index (Phi) is 4.33. The van der Waals surface area contributed by atoms with Crippen LogP contribution in [0, 0.1) is 19.9 Å². The summed E-state index contributed by atoms with van der Waals surface area (Å²) in [6.07, 6.45) is 0. The minimum Gasteiger partial charge on any atom is -0.522 e. The van der Waals surface area contributed by atoms with Gasteiger partial charge in [0.25, 0.3) is 0 Å². The number of aryl methyl sites for hydroxylation is 2. The van der Waals surface area contributed by atoms with E-state index < -0.39 is 0 Å². The van der Waals surface area contributed by atoms with Crippen molar-refractivity contribution in [3.05, 3.63) is 29.3 Å². The van der Waals surface area contributed by atoms with E-state index in [0.29, 0.717) is 0 Å². The first-order chi connectivity index (χ1) is 4.74. The minimum absolute atomic E-state index is 0. The molecule has 11 heavy (non-hydrogen) atoms. The second-order valence-electron chi connectivity index (χ2n) is 2.39. The number of ether oxygens (including phenoxy) is 1. The first kappa shape index (κ1) is 10.6. The van der Waals surface area contributed by atoms with E-state index in [-0.39, 0.29) is 18.9 Å². The number of hydrogen-bond donors (Lipinski definition) is 0. The normalized spacial score (nSPS) is 8.64. The maximum atomic E-state index is 5.04. The molecule has 1 aromatic rings. The summed E-state index contributed by atoms with van der Waals surface area (Å²) < 4.78 is 5.04. The molecule has 0 heterocycles. The average molecular weight is 142 g/mol. The molecule has 0 aliphatic carbocycles. The summed E-state index contributed by atoms with van der Waals surface area (Å²) in [4.78, 5) is 0. The smallest absolute Gasteiger partial charge is 0.522 e. The van der Waals surface area contributed by atoms with Crippen LogP contribution in [0.5, 0.6) is 5.75 Å². The second-order valence-corrected chi connectivity index (χ2v) is 2.39. The topological polar surface area (TPSA) is 9.23 Å². The van der Waals surface area contributed by atoms with Gasteiger partial charge in [-0.1, -0.05) is 13.8 Å². The third-order valence-electron chi connectivity index (χ3n) is 1.44. The van der Waals surface area contributed by atoms with Gasteiger partial charge in [-0.05, 0) is 0 Å². The van der Waals surface area contributed by atoms with Gasteiger partial charge in [0.05, 0.1) is 7.11 Å². The molecule has 1 rings (SSSR count). The molecule has 0 fully saturated rings. The van der Waals surface area contributed by atoms with Crippen LogP contribution in [0.1, 0.15) is 11.1 Å². The molecule has 0 spiro atoms. The van der Waals surface area contributed by atoms with Gasteiger partial charge >= 0.3 is 18.9 Å². The SMILES string of the molecule is COc1[c-]cc(C)cc1C.[Li+]. The standard InChI is InChI=1S/C9H11O.Li/c1-7-4-5-9(10-3)8(2)6-7;/h4,6H,1-3H3;/q-1;+1. The first-order valence-electron chi connectivity index (χ1n) is 3.27. The van der Waals surface area contributed by atoms with Gasteiger partial charge in [-0.25, -0.2) is 0 Å². The third-order valence-corrected chi connectivity index (χ3v) is 1.44. The van der Waals surface area contributed by atoms with Gasteiger partial charge in [-0.2, -0.15) is 17.7 Å². The van der Waals surface area contributed by atoms with Gasteiger partial charge in [0.15, 0.2) is 0 Å². The number of benzene rings is 1. The van der Waals surface area contributed by atoms with Crippen molar-refractivity contribution in [1.29, 1.82) is 0 Å². The zero-order chi connectivity index (χ0) is 7.56. The van der Waals surface area contributed by atoms with Crippen molar-refractivity contribution in [2.75, 3.05) is 7.11 Å². The molecule has 0 unspecified atom stereocenters. The fraction of sp³-hybridized carbons (Fsp3) is 0.333. The van der Waals surface area contributed by atoms with Gasteiger partial charge in [-0.3, -0.25) is 0 Å². The Morgan fingerprint density at radius 2 is 2.00 bits per heavy atom. The van der Waals surface area contributed by atoms with E-state index in [9.17, 15) is 0 Å². The van der Waals surface area contributed by atoms with Gasteiger partial charge in [0.1, 0.15) is 0 Å². The van der Waals surface area contributed by atoms with E-state index in [4.69, 9.17) is 4.74 Å². The van der Waals surface area contributed by atoms with Crippen LogP contribution in [-0.2, 0) is 0 Å². The van der Waals surface area contributed by atoms with E-state index in [1.165, 1.54) is 5.56 Å². The van der Waals surface area contributed by atoms with Crippen LogP contribution >= 0.6 is 0 Å². The van der Waals surface area contributed by atoms with Crippen LogP contribution in [0.2, 0.25) is 0 Å². The Morgan fingerprint density at radius 1 is 1.36 bits per heavy atom. The molecule has 0 aromatic heterocycles. The summed E-state index contributed by atoms with van der Waals surface area (Å²) in [6, 6.07) is 7.03. The van der Waals surface area contributed by atoms with Crippen LogP contribution in [0.15, 0.2) is 12.1 Å². The van der Waals surface area contributed by atoms with Gasteiger partial charge in [0.2, 0.25) is 0 Å². The molecule has 0 aliphatic rings. The van der Waals surface area contributed by atoms with Crippen LogP contribution in [0.3, 0.4) is 0 Å². The number of rotatable bonds is 1. The molecular formula is C9H11LiO. The zero-order valence-corrected chi connectivity index (χ0v) is 7.56. The van der Waals surface area contributed by atoms with Crippen LogP contribution in [0.25, 0.3) is 0 Å². The first-order valence-corrected chi connectivity index (χ1v) is 3.27. The van der Waals surface area contributed by atoms with Crippen molar-refractivity contribution in [1.82, 2.24) is 0 Å². The molecule has 0 N–H and O–H groups in total. The Labute approximate surface area is 79.9 Å². The molecule has 1 nitrogen and oxygen atoms in total. The van der Waals surface area contributed by atoms with Crippen LogP contribution in [0.4, 0.5) is 0 Å². The molecule has 54 valence electrons. The summed E-state index contributed by atoms with van der Waals surface area (Å²) in [7, 11) is 1.66. The maximum absolute atomic E-state index is 5.04. The predicted octanol–water partition coefficient (Wildman–Crippen LogP) is -0.884. The summed E-state index contributed by atoms with van der Waals surface area (Å²) >= 11 is 0. The Hall–Kier alpha value is -0.383. The molecule has 0 aliphatic heterocycles. The second kappa shape index (κ2) is 4.49. The molecule has 0 amide bonds. The minimum atomic E-state index is 0. The van der Waals surface area contributed by atoms with Crippen molar-refractivity contribution in [3.63, 3.8) is 0 Å². The summed E-state index contributed by atoms with van der Waals surface area (Å²) in [6.45, 7) is 4.06. The quantitative estimate of drug-likeness (QED) is 0.365. The summed E-state index contributed by atoms with van der Waals surface area (Å²) in [5.41, 5.74) is 2.36. The Morgan fingerprint density at radius 3 is 2.45 bits per heavy atom. The molecule has 0 saturated carbocycles. The molecular weight excluding hydrogens is 131 g/mol. The molecule has 2 heteroatoms. The fourth-order valence-electron chi connectivity index (χ4n) is 0.962. The van der Waals surface area contributed by atoms with Gasteiger partial charge in [0, 0.05) is 5.75 Å². The summed E-state index contributed by atoms with van der Waals surface area (Å²) in [5.74, 6) is 0.839. The zero-order valence-electron chi connectivity index (χ0n) is 7.56. The van der Waals surface area contributed by atoms with Crippen LogP contribution in [-0.4, -0.2) is 7.11 Å². The largest absolute Gasteiger partial charge is 1.00 e. The van der Waals surface area contributed by atoms with Gasteiger partial charge in [-0.15, -0.1) is 11.6 Å². The average Bonchev–Trinajstić information content (AvgIpc) is 1.88. The number of hydrogen-bond acceptors (Lipinski definition) is 1. The Bertz CT molecular complexity index is 233. The third kappa shape index (κ3) is 2.61. The number of methoxy groups -OCH3 is 1. The monoisotopic (exact) mass is 142 g/mol. The molecule has 0 saturated heterocycles. The Balaban J connectivity index is 0.000001000. The van der Waals surface area contributed by atoms with Crippen molar-refractivity contribution in [2.24, 2.45) is 0 Å². The van der Waals surface area contributed by atoms with Gasteiger partial charge < -0.3 is 4.74 Å². The molecule has 0 bridgehead atoms. The van der Waals surface area contributed by atoms with Crippen LogP contribution < -0.4 is 23.6 Å². The van der Waals surface area contributed by atoms with E-state index in [2.05, 4.69) is 12.1 Å².